The SMILES string of the molecule is O=[NH+][O-].[Er]. The maximum atomic E-state index is 8.12. The molecule has 0 atom stereocenters. The minimum atomic E-state index is 0. The van der Waals surface area contributed by atoms with E-state index in [4.69, 9.17) is 10.1 Å². The number of hydrogen-bond donors (Lipinski definition) is 1. The van der Waals surface area contributed by atoms with Gasteiger partial charge in [0.25, 0.3) is 0 Å². The molecule has 0 saturated carbocycles. The van der Waals surface area contributed by atoms with E-state index in [0.29, 0.717) is 0 Å². The summed E-state index contributed by atoms with van der Waals surface area (Å²) in [5.74, 6) is 0. The normalized spacial score (nSPS) is 3.00. The van der Waals surface area contributed by atoms with Crippen LogP contribution in [-0.4, -0.2) is 0 Å². The Labute approximate surface area is 52.5 Å². The van der Waals surface area contributed by atoms with E-state index in [0.717, 1.165) is 0 Å². The summed E-state index contributed by atoms with van der Waals surface area (Å²) < 4.78 is 0. The first-order valence-electron chi connectivity index (χ1n) is 0.408. The molecule has 30 valence electrons. The molecule has 4 heteroatoms. The molecule has 0 rings (SSSR count). The molecule has 0 spiro atoms. The average molecular weight is 214 g/mol. The predicted molar refractivity (Wildman–Crippen MR) is 7.70 cm³/mol. The average Bonchev–Trinajstić information content (AvgIpc) is 0.918. The number of nitrogens with one attached hydrogen (secondary N) is 1. The van der Waals surface area contributed by atoms with Crippen LogP contribution in [0.25, 0.3) is 0 Å². The van der Waals surface area contributed by atoms with Crippen molar-refractivity contribution in [2.75, 3.05) is 0 Å². The van der Waals surface area contributed by atoms with Crippen molar-refractivity contribution in [3.8, 4) is 0 Å². The Morgan fingerprint density at radius 1 is 1.75 bits per heavy atom. The summed E-state index contributed by atoms with van der Waals surface area (Å²) in [5.41, 5.74) is 0. The number of hydrogen-bond acceptors (Lipinski definition) is 2. The van der Waals surface area contributed by atoms with Gasteiger partial charge in [-0.15, -0.1) is 0 Å². The molecule has 0 aromatic carbocycles. The minimum absolute atomic E-state index is 0. The molecule has 0 aliphatic rings. The molecule has 4 heavy (non-hydrogen) atoms. The van der Waals surface area contributed by atoms with Crippen molar-refractivity contribution in [1.82, 2.24) is 0 Å². The Kier molecular flexibility index (Phi) is 20.8. The molecule has 0 unspecified atom stereocenters. The predicted octanol–water partition coefficient (Wildman–Crippen LogP) is -1.67. The van der Waals surface area contributed by atoms with Crippen LogP contribution in [0.5, 0.6) is 0 Å². The van der Waals surface area contributed by atoms with Crippen molar-refractivity contribution in [1.29, 1.82) is 0 Å². The van der Waals surface area contributed by atoms with Gasteiger partial charge in [-0.1, -0.05) is 0 Å². The Bertz CT molecular complexity index is 13.5. The first-order chi connectivity index (χ1) is 1.41. The monoisotopic (exact) mass is 213 g/mol. The molecular weight excluding hydrogens is 213 g/mol. The van der Waals surface area contributed by atoms with Crippen LogP contribution in [0.1, 0.15) is 0 Å². The van der Waals surface area contributed by atoms with Gasteiger partial charge in [0.05, 0.1) is 0 Å². The van der Waals surface area contributed by atoms with Gasteiger partial charge in [0.15, 0.2) is 0 Å². The largest absolute Gasteiger partial charge is 0.267 e. The molecule has 0 bridgehead atoms. The van der Waals surface area contributed by atoms with Gasteiger partial charge >= 0.3 is 0 Å². The summed E-state index contributed by atoms with van der Waals surface area (Å²) in [7, 11) is 0. The van der Waals surface area contributed by atoms with Gasteiger partial charge in [0, 0.05) is 42.6 Å². The summed E-state index contributed by atoms with van der Waals surface area (Å²) in [6.45, 7) is 0. The van der Waals surface area contributed by atoms with E-state index < -0.39 is 0 Å². The van der Waals surface area contributed by atoms with E-state index in [1.54, 1.807) is 0 Å². The smallest absolute Gasteiger partial charge is 0.00366 e. The molecular formula is HErNO2. The van der Waals surface area contributed by atoms with E-state index in [2.05, 4.69) is 0 Å². The van der Waals surface area contributed by atoms with Crippen LogP contribution < -0.4 is 5.34 Å². The molecule has 0 aromatic rings. The van der Waals surface area contributed by atoms with Crippen LogP contribution in [0.2, 0.25) is 0 Å². The quantitative estimate of drug-likeness (QED) is 0.387. The fourth-order valence-corrected chi connectivity index (χ4v) is 0. The zero-order valence-corrected chi connectivity index (χ0v) is 3.46. The standard InChI is InChI=1S/Er.HNO2/c;2-1-3/h;1H. The first kappa shape index (κ1) is 8.82. The maximum absolute atomic E-state index is 8.12. The van der Waals surface area contributed by atoms with Crippen molar-refractivity contribution in [3.05, 3.63) is 10.1 Å². The summed E-state index contributed by atoms with van der Waals surface area (Å²) in [6, 6.07) is 0. The van der Waals surface area contributed by atoms with Gasteiger partial charge in [0.1, 0.15) is 0 Å². The zero-order chi connectivity index (χ0) is 2.71. The van der Waals surface area contributed by atoms with Crippen molar-refractivity contribution in [2.24, 2.45) is 0 Å². The summed E-state index contributed by atoms with van der Waals surface area (Å²) in [5, 5.41) is 8.38. The third kappa shape index (κ3) is 17.2. The van der Waals surface area contributed by atoms with E-state index in [-0.39, 0.29) is 42.6 Å². The van der Waals surface area contributed by atoms with Crippen LogP contribution in [0.3, 0.4) is 0 Å². The van der Waals surface area contributed by atoms with Crippen molar-refractivity contribution in [3.63, 3.8) is 0 Å². The molecule has 0 fully saturated rings. The molecule has 0 aromatic heterocycles. The third-order valence-corrected chi connectivity index (χ3v) is 0. The second kappa shape index (κ2) is 9.42. The van der Waals surface area contributed by atoms with E-state index in [1.165, 1.54) is 0 Å². The summed E-state index contributed by atoms with van der Waals surface area (Å²) in [6.07, 6.45) is 0. The van der Waals surface area contributed by atoms with Crippen LogP contribution in [0.15, 0.2) is 0 Å². The van der Waals surface area contributed by atoms with Gasteiger partial charge in [-0.05, 0) is 0 Å². The van der Waals surface area contributed by atoms with E-state index in [9.17, 15) is 0 Å². The molecule has 0 amide bonds. The Morgan fingerprint density at radius 2 is 1.75 bits per heavy atom. The van der Waals surface area contributed by atoms with E-state index in [1.807, 2.05) is 0 Å². The van der Waals surface area contributed by atoms with Crippen LogP contribution in [0, 0.1) is 47.4 Å². The molecule has 0 heterocycles. The molecule has 0 aliphatic heterocycles. The van der Waals surface area contributed by atoms with Crippen LogP contribution >= 0.6 is 0 Å². The fourth-order valence-electron chi connectivity index (χ4n) is 0. The van der Waals surface area contributed by atoms with E-state index >= 15 is 0 Å². The zero-order valence-electron chi connectivity index (χ0n) is 1.61. The second-order valence-corrected chi connectivity index (χ2v) is 0.0833. The molecule has 0 saturated heterocycles. The molecule has 3 nitrogen and oxygen atoms in total. The first-order valence-corrected chi connectivity index (χ1v) is 0.408. The number of rotatable bonds is 0. The second-order valence-electron chi connectivity index (χ2n) is 0.0833. The van der Waals surface area contributed by atoms with Crippen LogP contribution in [0.4, 0.5) is 0 Å². The molecule has 1 N–H and O–H groups in total. The topological polar surface area (TPSA) is 54.1 Å². The van der Waals surface area contributed by atoms with Gasteiger partial charge in [-0.2, -0.15) is 0 Å². The van der Waals surface area contributed by atoms with Gasteiger partial charge < -0.3 is 0 Å². The van der Waals surface area contributed by atoms with Gasteiger partial charge in [-0.3, -0.25) is 10.1 Å². The van der Waals surface area contributed by atoms with Crippen molar-refractivity contribution >= 4 is 0 Å². The van der Waals surface area contributed by atoms with Crippen LogP contribution in [-0.2, 0) is 0 Å². The maximum Gasteiger partial charge on any atom is 0.00366 e. The van der Waals surface area contributed by atoms with Gasteiger partial charge in [-0.25, -0.2) is 0 Å². The molecule has 0 aliphatic carbocycles. The van der Waals surface area contributed by atoms with Gasteiger partial charge in [0.2, 0.25) is 0 Å². The Morgan fingerprint density at radius 3 is 1.75 bits per heavy atom. The van der Waals surface area contributed by atoms with Crippen molar-refractivity contribution in [2.45, 2.75) is 0 Å². The Hall–Kier alpha value is 0.647. The minimum Gasteiger partial charge on any atom is -0.267 e. The van der Waals surface area contributed by atoms with Crippen molar-refractivity contribution < 1.29 is 42.6 Å². The summed E-state index contributed by atoms with van der Waals surface area (Å²) in [4.78, 5) is 8.12. The third-order valence-electron chi connectivity index (χ3n) is 0. The summed E-state index contributed by atoms with van der Waals surface area (Å²) >= 11 is 0. The molecule has 0 radical (unpaired) electrons. The fraction of sp³-hybridized carbons (Fsp3) is 0. The Balaban J connectivity index is 0.